The zero-order valence-corrected chi connectivity index (χ0v) is 12.0. The lowest BCUT2D eigenvalue weighted by Crippen LogP contribution is -2.58. The number of nitrogens with zero attached hydrogens (tertiary/aromatic N) is 1. The quantitative estimate of drug-likeness (QED) is 0.911. The Labute approximate surface area is 118 Å². The summed E-state index contributed by atoms with van der Waals surface area (Å²) in [7, 11) is 0. The van der Waals surface area contributed by atoms with Gasteiger partial charge in [-0.2, -0.15) is 5.26 Å². The molecule has 0 spiro atoms. The first-order valence-electron chi connectivity index (χ1n) is 7.48. The van der Waals surface area contributed by atoms with Crippen LogP contribution in [0.5, 0.6) is 0 Å². The summed E-state index contributed by atoms with van der Waals surface area (Å²) < 4.78 is 0. The van der Waals surface area contributed by atoms with Crippen LogP contribution < -0.4 is 5.32 Å². The fraction of sp³-hybridized carbons (Fsp3) is 0.688. The highest BCUT2D eigenvalue weighted by Crippen LogP contribution is 2.55. The third kappa shape index (κ3) is 2.11. The average Bonchev–Trinajstić information content (AvgIpc) is 2.83. The van der Waals surface area contributed by atoms with Crippen LogP contribution in [0.2, 0.25) is 0 Å². The van der Waals surface area contributed by atoms with Crippen LogP contribution in [0, 0.1) is 29.1 Å². The van der Waals surface area contributed by atoms with Crippen molar-refractivity contribution in [2.45, 2.75) is 50.6 Å². The lowest BCUT2D eigenvalue weighted by molar-refractivity contribution is -0.0204. The zero-order chi connectivity index (χ0) is 12.9. The van der Waals surface area contributed by atoms with Crippen LogP contribution in [0.15, 0.2) is 12.1 Å². The van der Waals surface area contributed by atoms with Crippen molar-refractivity contribution in [3.63, 3.8) is 0 Å². The van der Waals surface area contributed by atoms with Crippen molar-refractivity contribution in [1.82, 2.24) is 5.32 Å². The molecule has 1 aromatic heterocycles. The van der Waals surface area contributed by atoms with Crippen LogP contribution in [0.1, 0.15) is 48.3 Å². The van der Waals surface area contributed by atoms with Gasteiger partial charge < -0.3 is 5.32 Å². The van der Waals surface area contributed by atoms with Crippen LogP contribution in [0.4, 0.5) is 0 Å². The zero-order valence-electron chi connectivity index (χ0n) is 11.2. The van der Waals surface area contributed by atoms with Crippen molar-refractivity contribution < 1.29 is 0 Å². The maximum atomic E-state index is 8.89. The Kier molecular flexibility index (Phi) is 2.72. The number of nitrogens with one attached hydrogen (secondary N) is 1. The molecule has 0 atom stereocenters. The molecule has 0 aliphatic heterocycles. The Bertz CT molecular complexity index is 490. The van der Waals surface area contributed by atoms with Gasteiger partial charge in [-0.15, -0.1) is 11.3 Å². The fourth-order valence-corrected chi connectivity index (χ4v) is 5.88. The molecular formula is C16H20N2S. The van der Waals surface area contributed by atoms with Gasteiger partial charge in [0, 0.05) is 17.0 Å². The maximum Gasteiger partial charge on any atom is 0.110 e. The van der Waals surface area contributed by atoms with Gasteiger partial charge in [-0.05, 0) is 68.4 Å². The summed E-state index contributed by atoms with van der Waals surface area (Å²) in [5.74, 6) is 2.99. The molecule has 19 heavy (non-hydrogen) atoms. The summed E-state index contributed by atoms with van der Waals surface area (Å²) in [5.41, 5.74) is 0.436. The standard InChI is InChI=1S/C16H20N2S/c17-9-14-1-2-15(19-14)10-18-16-6-11-3-12(7-16)5-13(4-11)8-16/h1-2,11-13,18H,3-8,10H2. The largest absolute Gasteiger partial charge is 0.306 e. The Morgan fingerprint density at radius 2 is 1.79 bits per heavy atom. The molecule has 0 aromatic carbocycles. The third-order valence-corrected chi connectivity index (χ3v) is 6.44. The molecule has 0 saturated heterocycles. The minimum atomic E-state index is 0.436. The summed E-state index contributed by atoms with van der Waals surface area (Å²) in [5, 5.41) is 12.8. The SMILES string of the molecule is N#Cc1ccc(CNC23CC4CC(CC(C4)C2)C3)s1. The summed E-state index contributed by atoms with van der Waals surface area (Å²) in [6, 6.07) is 6.29. The van der Waals surface area contributed by atoms with Crippen molar-refractivity contribution in [3.05, 3.63) is 21.9 Å². The molecule has 5 rings (SSSR count). The van der Waals surface area contributed by atoms with Gasteiger partial charge in [-0.1, -0.05) is 0 Å². The van der Waals surface area contributed by atoms with Crippen LogP contribution in [0.25, 0.3) is 0 Å². The second-order valence-corrected chi connectivity index (χ2v) is 8.10. The molecular weight excluding hydrogens is 252 g/mol. The molecule has 4 aliphatic carbocycles. The maximum absolute atomic E-state index is 8.89. The normalized spacial score (nSPS) is 39.4. The molecule has 4 bridgehead atoms. The number of hydrogen-bond donors (Lipinski definition) is 1. The van der Waals surface area contributed by atoms with E-state index in [1.807, 2.05) is 6.07 Å². The van der Waals surface area contributed by atoms with E-state index in [1.165, 1.54) is 43.4 Å². The molecule has 4 saturated carbocycles. The van der Waals surface area contributed by atoms with Gasteiger partial charge in [0.1, 0.15) is 10.9 Å². The first kappa shape index (κ1) is 11.9. The van der Waals surface area contributed by atoms with Crippen molar-refractivity contribution in [2.24, 2.45) is 17.8 Å². The van der Waals surface area contributed by atoms with Crippen LogP contribution in [0.3, 0.4) is 0 Å². The van der Waals surface area contributed by atoms with Gasteiger partial charge in [-0.25, -0.2) is 0 Å². The van der Waals surface area contributed by atoms with E-state index >= 15 is 0 Å². The highest BCUT2D eigenvalue weighted by molar-refractivity contribution is 7.12. The molecule has 2 nitrogen and oxygen atoms in total. The minimum absolute atomic E-state index is 0.436. The minimum Gasteiger partial charge on any atom is -0.306 e. The predicted molar refractivity (Wildman–Crippen MR) is 76.8 cm³/mol. The molecule has 4 fully saturated rings. The van der Waals surface area contributed by atoms with Gasteiger partial charge in [0.05, 0.1) is 0 Å². The highest BCUT2D eigenvalue weighted by atomic mass is 32.1. The summed E-state index contributed by atoms with van der Waals surface area (Å²) in [4.78, 5) is 2.15. The van der Waals surface area contributed by atoms with Gasteiger partial charge in [0.2, 0.25) is 0 Å². The second kappa shape index (κ2) is 4.33. The van der Waals surface area contributed by atoms with E-state index in [9.17, 15) is 0 Å². The Morgan fingerprint density at radius 1 is 1.16 bits per heavy atom. The molecule has 1 aromatic rings. The lowest BCUT2D eigenvalue weighted by Gasteiger charge is -2.57. The number of rotatable bonds is 3. The van der Waals surface area contributed by atoms with E-state index in [2.05, 4.69) is 17.5 Å². The summed E-state index contributed by atoms with van der Waals surface area (Å²) in [6.07, 6.45) is 8.69. The smallest absolute Gasteiger partial charge is 0.110 e. The van der Waals surface area contributed by atoms with Crippen LogP contribution in [-0.2, 0) is 6.54 Å². The molecule has 1 N–H and O–H groups in total. The summed E-state index contributed by atoms with van der Waals surface area (Å²) >= 11 is 1.64. The van der Waals surface area contributed by atoms with E-state index in [0.717, 1.165) is 29.2 Å². The molecule has 0 amide bonds. The predicted octanol–water partition coefficient (Wildman–Crippen LogP) is 3.68. The fourth-order valence-electron chi connectivity index (χ4n) is 5.13. The number of hydrogen-bond acceptors (Lipinski definition) is 3. The number of thiophene rings is 1. The second-order valence-electron chi connectivity index (χ2n) is 6.93. The molecule has 3 heteroatoms. The molecule has 4 aliphatic rings. The molecule has 0 radical (unpaired) electrons. The van der Waals surface area contributed by atoms with E-state index in [0.29, 0.717) is 5.54 Å². The third-order valence-electron chi connectivity index (χ3n) is 5.45. The monoisotopic (exact) mass is 272 g/mol. The van der Waals surface area contributed by atoms with Crippen molar-refractivity contribution in [2.75, 3.05) is 0 Å². The summed E-state index contributed by atoms with van der Waals surface area (Å²) in [6.45, 7) is 0.957. The van der Waals surface area contributed by atoms with E-state index < -0.39 is 0 Å². The Morgan fingerprint density at radius 3 is 2.32 bits per heavy atom. The van der Waals surface area contributed by atoms with Gasteiger partial charge in [0.25, 0.3) is 0 Å². The highest BCUT2D eigenvalue weighted by Gasteiger charge is 2.50. The number of nitriles is 1. The van der Waals surface area contributed by atoms with Crippen molar-refractivity contribution in [1.29, 1.82) is 5.26 Å². The Hall–Kier alpha value is -0.850. The van der Waals surface area contributed by atoms with Crippen molar-refractivity contribution in [3.8, 4) is 6.07 Å². The van der Waals surface area contributed by atoms with Crippen LogP contribution in [-0.4, -0.2) is 5.54 Å². The van der Waals surface area contributed by atoms with Gasteiger partial charge >= 0.3 is 0 Å². The lowest BCUT2D eigenvalue weighted by atomic mass is 9.53. The van der Waals surface area contributed by atoms with Crippen LogP contribution >= 0.6 is 11.3 Å². The van der Waals surface area contributed by atoms with E-state index in [-0.39, 0.29) is 0 Å². The van der Waals surface area contributed by atoms with E-state index in [4.69, 9.17) is 5.26 Å². The topological polar surface area (TPSA) is 35.8 Å². The molecule has 0 unspecified atom stereocenters. The van der Waals surface area contributed by atoms with E-state index in [1.54, 1.807) is 11.3 Å². The van der Waals surface area contributed by atoms with Crippen molar-refractivity contribution >= 4 is 11.3 Å². The van der Waals surface area contributed by atoms with Gasteiger partial charge in [-0.3, -0.25) is 0 Å². The molecule has 100 valence electrons. The first-order chi connectivity index (χ1) is 9.25. The first-order valence-corrected chi connectivity index (χ1v) is 8.30. The Balaban J connectivity index is 1.46. The average molecular weight is 272 g/mol. The molecule has 1 heterocycles. The van der Waals surface area contributed by atoms with Gasteiger partial charge in [0.15, 0.2) is 0 Å².